The van der Waals surface area contributed by atoms with Gasteiger partial charge in [-0.1, -0.05) is 0 Å². The van der Waals surface area contributed by atoms with Crippen molar-refractivity contribution in [1.82, 2.24) is 24.6 Å². The number of nitrogens with one attached hydrogen (secondary N) is 1. The van der Waals surface area contributed by atoms with Crippen LogP contribution in [0, 0.1) is 24.1 Å². The van der Waals surface area contributed by atoms with E-state index in [0.717, 1.165) is 52.9 Å². The molecule has 0 saturated carbocycles. The molecule has 4 amide bonds. The molecule has 0 atom stereocenters. The van der Waals surface area contributed by atoms with Crippen molar-refractivity contribution in [3.63, 3.8) is 0 Å². The zero-order valence-electron chi connectivity index (χ0n) is 34.9. The summed E-state index contributed by atoms with van der Waals surface area (Å²) >= 11 is 0. The van der Waals surface area contributed by atoms with Crippen LogP contribution in [0.15, 0.2) is 53.3 Å². The van der Waals surface area contributed by atoms with Gasteiger partial charge in [-0.05, 0) is 92.6 Å². The molecule has 0 spiro atoms. The van der Waals surface area contributed by atoms with Crippen LogP contribution in [-0.4, -0.2) is 101 Å². The number of benzene rings is 3. The van der Waals surface area contributed by atoms with Crippen LogP contribution < -0.4 is 30.5 Å². The number of piperidine rings is 2. The molecular weight excluding hydrogens is 780 g/mol. The largest absolute Gasteiger partial charge is 0.389 e. The van der Waals surface area contributed by atoms with E-state index in [1.165, 1.54) is 11.0 Å². The summed E-state index contributed by atoms with van der Waals surface area (Å²) < 4.78 is 19.1. The van der Waals surface area contributed by atoms with E-state index in [0.29, 0.717) is 60.4 Å². The number of amides is 4. The molecule has 0 radical (unpaired) electrons. The van der Waals surface area contributed by atoms with Crippen LogP contribution in [0.1, 0.15) is 61.1 Å². The third-order valence-electron chi connectivity index (χ3n) is 13.3. The van der Waals surface area contributed by atoms with Gasteiger partial charge in [-0.2, -0.15) is 10.4 Å². The predicted molar refractivity (Wildman–Crippen MR) is 231 cm³/mol. The SMILES string of the molecule is Cc1cc2c(N3CCN(C)c4ccc(C#N)cc43)cc(C3CCN(C(=O)CC4(O)CCN(c5cc6c(cc5F)c(N5CCC(=O)NC5=O)nn6C)CC4)CC3)cc2n(C)c1=O. The number of nitriles is 1. The lowest BCUT2D eigenvalue weighted by atomic mass is 9.85. The van der Waals surface area contributed by atoms with E-state index >= 15 is 4.39 Å². The highest BCUT2D eigenvalue weighted by Gasteiger charge is 2.38. The quantitative estimate of drug-likeness (QED) is 0.241. The Morgan fingerprint density at radius 3 is 2.34 bits per heavy atom. The van der Waals surface area contributed by atoms with Crippen molar-refractivity contribution in [2.45, 2.75) is 57.0 Å². The minimum atomic E-state index is -1.23. The highest BCUT2D eigenvalue weighted by Crippen LogP contribution is 2.43. The zero-order valence-corrected chi connectivity index (χ0v) is 34.9. The molecule has 16 heteroatoms. The van der Waals surface area contributed by atoms with Crippen molar-refractivity contribution in [3.05, 3.63) is 81.4 Å². The number of likely N-dealkylation sites (N-methyl/N-ethyl adjacent to an activating group) is 1. The standard InChI is InChI=1S/C45H49FN10O5/c1-27-19-31-35(51(3)43(27)59)21-30(22-37(31)55-18-17-50(2)34-6-5-28(26-47)20-39(34)55)29-7-12-54(13-8-29)41(58)25-45(61)10-15-53(16-11-45)38-24-36-32(23-33(38)46)42(49-52(36)4)56-14-9-40(57)48-44(56)60/h5-6,19-24,29,61H,7-18,25H2,1-4H3,(H,48,57,60). The Morgan fingerprint density at radius 2 is 1.62 bits per heavy atom. The first-order chi connectivity index (χ1) is 29.2. The number of hydrogen-bond donors (Lipinski definition) is 2. The number of aromatic nitrogens is 3. The maximum absolute atomic E-state index is 15.8. The number of urea groups is 1. The van der Waals surface area contributed by atoms with Gasteiger partial charge in [-0.3, -0.25) is 29.3 Å². The lowest BCUT2D eigenvalue weighted by Gasteiger charge is -2.41. The molecule has 4 aliphatic heterocycles. The summed E-state index contributed by atoms with van der Waals surface area (Å²) in [4.78, 5) is 60.7. The number of hydrogen-bond acceptors (Lipinski definition) is 10. The highest BCUT2D eigenvalue weighted by molar-refractivity contribution is 6.09. The minimum Gasteiger partial charge on any atom is -0.389 e. The Labute approximate surface area is 352 Å². The molecule has 5 aromatic rings. The van der Waals surface area contributed by atoms with Gasteiger partial charge in [0.2, 0.25) is 11.8 Å². The Kier molecular flexibility index (Phi) is 9.97. The fraction of sp³-hybridized carbons (Fsp3) is 0.422. The molecule has 2 N–H and O–H groups in total. The monoisotopic (exact) mass is 828 g/mol. The summed E-state index contributed by atoms with van der Waals surface area (Å²) in [6.45, 7) is 5.22. The Balaban J connectivity index is 0.883. The molecule has 3 fully saturated rings. The molecule has 0 aliphatic carbocycles. The van der Waals surface area contributed by atoms with Crippen molar-refractivity contribution >= 4 is 68.2 Å². The van der Waals surface area contributed by atoms with E-state index in [4.69, 9.17) is 0 Å². The van der Waals surface area contributed by atoms with Gasteiger partial charge in [0.1, 0.15) is 5.82 Å². The number of halogens is 1. The van der Waals surface area contributed by atoms with Gasteiger partial charge in [0.15, 0.2) is 5.82 Å². The van der Waals surface area contributed by atoms with Crippen LogP contribution in [-0.2, 0) is 23.7 Å². The molecule has 2 aromatic heterocycles. The second kappa shape index (κ2) is 15.2. The Hall–Kier alpha value is -6.47. The smallest absolute Gasteiger partial charge is 0.329 e. The van der Waals surface area contributed by atoms with Gasteiger partial charge in [-0.15, -0.1) is 0 Å². The molecule has 0 unspecified atom stereocenters. The first-order valence-corrected chi connectivity index (χ1v) is 20.9. The lowest BCUT2D eigenvalue weighted by molar-refractivity contribution is -0.138. The summed E-state index contributed by atoms with van der Waals surface area (Å²) in [5, 5.41) is 29.6. The van der Waals surface area contributed by atoms with Crippen molar-refractivity contribution < 1.29 is 23.9 Å². The molecule has 4 aliphatic rings. The van der Waals surface area contributed by atoms with Crippen LogP contribution in [0.3, 0.4) is 0 Å². The topological polar surface area (TPSA) is 163 Å². The van der Waals surface area contributed by atoms with Crippen molar-refractivity contribution in [1.29, 1.82) is 5.26 Å². The van der Waals surface area contributed by atoms with Gasteiger partial charge in [0.05, 0.1) is 57.4 Å². The van der Waals surface area contributed by atoms with E-state index in [2.05, 4.69) is 45.5 Å². The van der Waals surface area contributed by atoms with Crippen molar-refractivity contribution in [2.75, 3.05) is 72.5 Å². The average Bonchev–Trinajstić information content (AvgIpc) is 3.56. The van der Waals surface area contributed by atoms with E-state index in [1.807, 2.05) is 48.0 Å². The lowest BCUT2D eigenvalue weighted by Crippen LogP contribution is -2.49. The van der Waals surface area contributed by atoms with Gasteiger partial charge in [-0.25, -0.2) is 9.18 Å². The maximum atomic E-state index is 15.8. The number of anilines is 5. The molecule has 15 nitrogen and oxygen atoms in total. The van der Waals surface area contributed by atoms with E-state index in [1.54, 1.807) is 22.4 Å². The van der Waals surface area contributed by atoms with Crippen LogP contribution in [0.4, 0.5) is 37.8 Å². The maximum Gasteiger partial charge on any atom is 0.329 e. The number of nitrogens with zero attached hydrogens (tertiary/aromatic N) is 9. The van der Waals surface area contributed by atoms with E-state index < -0.39 is 17.4 Å². The normalized spacial score (nSPS) is 18.5. The summed E-state index contributed by atoms with van der Waals surface area (Å²) in [5.74, 6) is -0.546. The van der Waals surface area contributed by atoms with Crippen molar-refractivity contribution in [2.24, 2.45) is 14.1 Å². The van der Waals surface area contributed by atoms with Crippen LogP contribution in [0.5, 0.6) is 0 Å². The number of aryl methyl sites for hydroxylation is 3. The van der Waals surface area contributed by atoms with E-state index in [-0.39, 0.29) is 61.3 Å². The number of imide groups is 1. The molecule has 316 valence electrons. The number of aliphatic hydroxyl groups is 1. The number of carbonyl (C=O) groups is 3. The number of rotatable bonds is 6. The summed E-state index contributed by atoms with van der Waals surface area (Å²) in [5.41, 5.74) is 5.81. The summed E-state index contributed by atoms with van der Waals surface area (Å²) in [6.07, 6.45) is 2.12. The molecule has 3 aromatic carbocycles. The predicted octanol–water partition coefficient (Wildman–Crippen LogP) is 4.91. The molecule has 6 heterocycles. The second-order valence-corrected chi connectivity index (χ2v) is 17.1. The molecule has 0 bridgehead atoms. The highest BCUT2D eigenvalue weighted by atomic mass is 19.1. The Morgan fingerprint density at radius 1 is 0.869 bits per heavy atom. The van der Waals surface area contributed by atoms with Gasteiger partial charge in [0.25, 0.3) is 5.56 Å². The minimum absolute atomic E-state index is 0.0202. The van der Waals surface area contributed by atoms with E-state index in [9.17, 15) is 29.5 Å². The van der Waals surface area contributed by atoms with Gasteiger partial charge in [0, 0.05) is 89.7 Å². The third kappa shape index (κ3) is 7.10. The summed E-state index contributed by atoms with van der Waals surface area (Å²) in [6, 6.07) is 16.8. The van der Waals surface area contributed by atoms with Crippen LogP contribution in [0.2, 0.25) is 0 Å². The van der Waals surface area contributed by atoms with Crippen LogP contribution in [0.25, 0.3) is 21.8 Å². The molecule has 61 heavy (non-hydrogen) atoms. The first kappa shape index (κ1) is 40.0. The van der Waals surface area contributed by atoms with Crippen molar-refractivity contribution in [3.8, 4) is 6.07 Å². The van der Waals surface area contributed by atoms with Crippen LogP contribution >= 0.6 is 0 Å². The zero-order chi connectivity index (χ0) is 42.9. The first-order valence-electron chi connectivity index (χ1n) is 20.9. The fourth-order valence-electron chi connectivity index (χ4n) is 9.71. The molecular formula is C45H49FN10O5. The van der Waals surface area contributed by atoms with Gasteiger partial charge < -0.3 is 29.3 Å². The molecule has 9 rings (SSSR count). The summed E-state index contributed by atoms with van der Waals surface area (Å²) in [7, 11) is 5.58. The number of pyridine rings is 1. The Bertz CT molecular complexity index is 2740. The third-order valence-corrected chi connectivity index (χ3v) is 13.3. The average molecular weight is 829 g/mol. The fourth-order valence-corrected chi connectivity index (χ4v) is 9.71. The number of likely N-dealkylation sites (tertiary alicyclic amines) is 1. The van der Waals surface area contributed by atoms with Gasteiger partial charge >= 0.3 is 6.03 Å². The number of fused-ring (bicyclic) bond motifs is 3. The second-order valence-electron chi connectivity index (χ2n) is 17.1. The molecule has 3 saturated heterocycles. The number of carbonyl (C=O) groups excluding carboxylic acids is 3.